The molecule has 0 unspecified atom stereocenters. The van der Waals surface area contributed by atoms with Crippen molar-refractivity contribution in [2.24, 2.45) is 0 Å². The Bertz CT molecular complexity index is 831. The second-order valence-corrected chi connectivity index (χ2v) is 6.03. The fourth-order valence-electron chi connectivity index (χ4n) is 3.02. The molecule has 0 bridgehead atoms. The van der Waals surface area contributed by atoms with Gasteiger partial charge in [-0.1, -0.05) is 6.07 Å². The lowest BCUT2D eigenvalue weighted by atomic mass is 10.1. The number of nitrogens with one attached hydrogen (secondary N) is 1. The van der Waals surface area contributed by atoms with Gasteiger partial charge in [0.1, 0.15) is 17.1 Å². The van der Waals surface area contributed by atoms with E-state index in [4.69, 9.17) is 14.2 Å². The lowest BCUT2D eigenvalue weighted by molar-refractivity contribution is -0.118. The number of methoxy groups -OCH3 is 2. The van der Waals surface area contributed by atoms with Crippen LogP contribution in [0.5, 0.6) is 11.5 Å². The number of aryl methyl sites for hydroxylation is 2. The van der Waals surface area contributed by atoms with E-state index in [0.717, 1.165) is 24.9 Å². The van der Waals surface area contributed by atoms with E-state index in [1.54, 1.807) is 18.2 Å². The maximum Gasteiger partial charge on any atom is 0.341 e. The van der Waals surface area contributed by atoms with E-state index in [2.05, 4.69) is 11.4 Å². The molecule has 6 heteroatoms. The average Bonchev–Trinajstić information content (AvgIpc) is 3.13. The Morgan fingerprint density at radius 3 is 2.62 bits per heavy atom. The summed E-state index contributed by atoms with van der Waals surface area (Å²) in [4.78, 5) is 24.0. The Balaban J connectivity index is 1.66. The van der Waals surface area contributed by atoms with Crippen LogP contribution >= 0.6 is 0 Å². The Labute approximate surface area is 152 Å². The molecule has 1 amide bonds. The number of benzene rings is 2. The average molecular weight is 355 g/mol. The number of ether oxygens (including phenoxy) is 3. The first-order valence-electron chi connectivity index (χ1n) is 8.41. The van der Waals surface area contributed by atoms with Crippen LogP contribution in [0.1, 0.15) is 27.9 Å². The number of hydrogen-bond donors (Lipinski definition) is 1. The number of carbonyl (C=O) groups is 2. The Morgan fingerprint density at radius 2 is 1.85 bits per heavy atom. The fourth-order valence-corrected chi connectivity index (χ4v) is 3.02. The van der Waals surface area contributed by atoms with E-state index in [1.165, 1.54) is 25.3 Å². The van der Waals surface area contributed by atoms with Crippen molar-refractivity contribution in [3.8, 4) is 11.5 Å². The second kappa shape index (κ2) is 7.91. The molecule has 0 saturated heterocycles. The van der Waals surface area contributed by atoms with Gasteiger partial charge in [0.15, 0.2) is 6.61 Å². The van der Waals surface area contributed by atoms with Crippen molar-refractivity contribution >= 4 is 17.6 Å². The highest BCUT2D eigenvalue weighted by Crippen LogP contribution is 2.26. The second-order valence-electron chi connectivity index (χ2n) is 6.03. The van der Waals surface area contributed by atoms with Gasteiger partial charge < -0.3 is 19.5 Å². The van der Waals surface area contributed by atoms with Gasteiger partial charge >= 0.3 is 5.97 Å². The molecule has 0 radical (unpaired) electrons. The van der Waals surface area contributed by atoms with Crippen molar-refractivity contribution in [1.82, 2.24) is 0 Å². The standard InChI is InChI=1S/C20H21NO5/c1-24-16-8-9-17(20(23)25-2)18(11-16)26-12-19(22)21-15-7-6-13-4-3-5-14(13)10-15/h6-11H,3-5,12H2,1-2H3,(H,21,22). The first-order chi connectivity index (χ1) is 12.6. The van der Waals surface area contributed by atoms with E-state index in [0.29, 0.717) is 5.75 Å². The molecule has 0 atom stereocenters. The molecule has 1 N–H and O–H groups in total. The highest BCUT2D eigenvalue weighted by atomic mass is 16.5. The number of carbonyl (C=O) groups excluding carboxylic acids is 2. The molecule has 1 aliphatic rings. The number of anilines is 1. The van der Waals surface area contributed by atoms with Gasteiger partial charge in [-0.3, -0.25) is 4.79 Å². The number of rotatable bonds is 6. The zero-order valence-corrected chi connectivity index (χ0v) is 14.8. The van der Waals surface area contributed by atoms with Crippen LogP contribution in [0.2, 0.25) is 0 Å². The van der Waals surface area contributed by atoms with Gasteiger partial charge in [0.05, 0.1) is 14.2 Å². The monoisotopic (exact) mass is 355 g/mol. The third kappa shape index (κ3) is 3.96. The molecule has 0 saturated carbocycles. The van der Waals surface area contributed by atoms with Crippen molar-refractivity contribution in [3.05, 3.63) is 53.1 Å². The molecule has 2 aromatic carbocycles. The fraction of sp³-hybridized carbons (Fsp3) is 0.300. The van der Waals surface area contributed by atoms with Crippen LogP contribution in [0.25, 0.3) is 0 Å². The molecule has 1 aliphatic carbocycles. The molecule has 0 aromatic heterocycles. The minimum Gasteiger partial charge on any atom is -0.497 e. The SMILES string of the molecule is COC(=O)c1ccc(OC)cc1OCC(=O)Nc1ccc2c(c1)CCC2. The van der Waals surface area contributed by atoms with Gasteiger partial charge in [-0.25, -0.2) is 4.79 Å². The quantitative estimate of drug-likeness (QED) is 0.807. The van der Waals surface area contributed by atoms with E-state index in [-0.39, 0.29) is 23.8 Å². The third-order valence-electron chi connectivity index (χ3n) is 4.34. The van der Waals surface area contributed by atoms with Crippen LogP contribution in [0.3, 0.4) is 0 Å². The van der Waals surface area contributed by atoms with Crippen LogP contribution < -0.4 is 14.8 Å². The molecule has 6 nitrogen and oxygen atoms in total. The molecular weight excluding hydrogens is 334 g/mol. The third-order valence-corrected chi connectivity index (χ3v) is 4.34. The van der Waals surface area contributed by atoms with Crippen LogP contribution in [-0.4, -0.2) is 32.7 Å². The maximum atomic E-state index is 12.2. The topological polar surface area (TPSA) is 73.9 Å². The molecule has 0 aliphatic heterocycles. The Hall–Kier alpha value is -3.02. The van der Waals surface area contributed by atoms with Crippen molar-refractivity contribution < 1.29 is 23.8 Å². The Morgan fingerprint density at radius 1 is 1.04 bits per heavy atom. The smallest absolute Gasteiger partial charge is 0.341 e. The van der Waals surface area contributed by atoms with Crippen LogP contribution in [0.4, 0.5) is 5.69 Å². The minimum absolute atomic E-state index is 0.228. The van der Waals surface area contributed by atoms with Gasteiger partial charge in [-0.15, -0.1) is 0 Å². The number of fused-ring (bicyclic) bond motifs is 1. The van der Waals surface area contributed by atoms with E-state index in [1.807, 2.05) is 12.1 Å². The summed E-state index contributed by atoms with van der Waals surface area (Å²) < 4.78 is 15.4. The van der Waals surface area contributed by atoms with Crippen molar-refractivity contribution in [2.45, 2.75) is 19.3 Å². The van der Waals surface area contributed by atoms with Crippen molar-refractivity contribution in [1.29, 1.82) is 0 Å². The molecule has 2 aromatic rings. The first kappa shape index (κ1) is 17.8. The van der Waals surface area contributed by atoms with Gasteiger partial charge in [0, 0.05) is 11.8 Å². The van der Waals surface area contributed by atoms with Crippen molar-refractivity contribution in [3.63, 3.8) is 0 Å². The predicted molar refractivity (Wildman–Crippen MR) is 96.9 cm³/mol. The summed E-state index contributed by atoms with van der Waals surface area (Å²) in [6, 6.07) is 10.7. The summed E-state index contributed by atoms with van der Waals surface area (Å²) in [5, 5.41) is 2.82. The molecule has 26 heavy (non-hydrogen) atoms. The number of esters is 1. The molecule has 0 spiro atoms. The molecular formula is C20H21NO5. The normalized spacial score (nSPS) is 12.2. The Kier molecular flexibility index (Phi) is 5.41. The summed E-state index contributed by atoms with van der Waals surface area (Å²) in [6.45, 7) is -0.228. The summed E-state index contributed by atoms with van der Waals surface area (Å²) in [5.74, 6) is -0.0877. The minimum atomic E-state index is -0.540. The molecule has 3 rings (SSSR count). The van der Waals surface area contributed by atoms with Gasteiger partial charge in [0.25, 0.3) is 5.91 Å². The summed E-state index contributed by atoms with van der Waals surface area (Å²) >= 11 is 0. The summed E-state index contributed by atoms with van der Waals surface area (Å²) in [7, 11) is 2.80. The van der Waals surface area contributed by atoms with E-state index >= 15 is 0 Å². The van der Waals surface area contributed by atoms with Gasteiger partial charge in [-0.05, 0) is 54.7 Å². The van der Waals surface area contributed by atoms with Gasteiger partial charge in [-0.2, -0.15) is 0 Å². The summed E-state index contributed by atoms with van der Waals surface area (Å²) in [5.41, 5.74) is 3.61. The first-order valence-corrected chi connectivity index (χ1v) is 8.41. The molecule has 0 fully saturated rings. The zero-order valence-electron chi connectivity index (χ0n) is 14.8. The summed E-state index contributed by atoms with van der Waals surface area (Å²) in [6.07, 6.45) is 3.29. The molecule has 136 valence electrons. The van der Waals surface area contributed by atoms with Crippen LogP contribution in [-0.2, 0) is 22.4 Å². The molecule has 0 heterocycles. The lowest BCUT2D eigenvalue weighted by Crippen LogP contribution is -2.21. The van der Waals surface area contributed by atoms with Crippen molar-refractivity contribution in [2.75, 3.05) is 26.1 Å². The maximum absolute atomic E-state index is 12.2. The van der Waals surface area contributed by atoms with E-state index < -0.39 is 5.97 Å². The van der Waals surface area contributed by atoms with Crippen LogP contribution in [0.15, 0.2) is 36.4 Å². The predicted octanol–water partition coefficient (Wildman–Crippen LogP) is 2.99. The van der Waals surface area contributed by atoms with E-state index in [9.17, 15) is 9.59 Å². The highest BCUT2D eigenvalue weighted by molar-refractivity contribution is 5.94. The number of amides is 1. The number of hydrogen-bond acceptors (Lipinski definition) is 5. The zero-order chi connectivity index (χ0) is 18.5. The van der Waals surface area contributed by atoms with Crippen LogP contribution in [0, 0.1) is 0 Å². The van der Waals surface area contributed by atoms with Gasteiger partial charge in [0.2, 0.25) is 0 Å². The highest BCUT2D eigenvalue weighted by Gasteiger charge is 2.16. The lowest BCUT2D eigenvalue weighted by Gasteiger charge is -2.12. The largest absolute Gasteiger partial charge is 0.497 e.